The Balaban J connectivity index is 1.46. The van der Waals surface area contributed by atoms with Gasteiger partial charge in [-0.1, -0.05) is 48.5 Å². The van der Waals surface area contributed by atoms with Crippen molar-refractivity contribution in [2.45, 2.75) is 44.1 Å². The average molecular weight is 379 g/mol. The van der Waals surface area contributed by atoms with Crippen LogP contribution in [0.1, 0.15) is 49.1 Å². The van der Waals surface area contributed by atoms with Gasteiger partial charge in [0.05, 0.1) is 0 Å². The molecule has 5 heteroatoms. The van der Waals surface area contributed by atoms with Crippen molar-refractivity contribution in [3.8, 4) is 11.1 Å². The van der Waals surface area contributed by atoms with Crippen LogP contribution >= 0.6 is 0 Å². The Hall–Kier alpha value is -2.82. The fourth-order valence-electron chi connectivity index (χ4n) is 4.51. The molecule has 2 aromatic carbocycles. The maximum atomic E-state index is 12.8. The minimum absolute atomic E-state index is 0.0404. The van der Waals surface area contributed by atoms with Crippen LogP contribution in [0.2, 0.25) is 0 Å². The number of likely N-dealkylation sites (tertiary alicyclic amines) is 1. The number of carbonyl (C=O) groups is 2. The van der Waals surface area contributed by atoms with E-state index in [9.17, 15) is 9.59 Å². The molecule has 1 N–H and O–H groups in total. The third kappa shape index (κ3) is 3.61. The van der Waals surface area contributed by atoms with Gasteiger partial charge in [-0.05, 0) is 47.9 Å². The Kier molecular flexibility index (Phi) is 5.33. The molecule has 1 unspecified atom stereocenters. The van der Waals surface area contributed by atoms with Gasteiger partial charge in [-0.25, -0.2) is 4.79 Å². The van der Waals surface area contributed by atoms with Gasteiger partial charge < -0.3 is 14.7 Å². The maximum absolute atomic E-state index is 12.8. The van der Waals surface area contributed by atoms with Gasteiger partial charge >= 0.3 is 12.1 Å². The smallest absolute Gasteiger partial charge is 0.410 e. The van der Waals surface area contributed by atoms with Crippen molar-refractivity contribution in [1.29, 1.82) is 0 Å². The van der Waals surface area contributed by atoms with Gasteiger partial charge in [-0.2, -0.15) is 0 Å². The molecule has 4 rings (SSSR count). The van der Waals surface area contributed by atoms with Gasteiger partial charge in [0.25, 0.3) is 0 Å². The summed E-state index contributed by atoms with van der Waals surface area (Å²) in [7, 11) is 0. The number of fused-ring (bicyclic) bond motifs is 3. The normalized spacial score (nSPS) is 18.4. The van der Waals surface area contributed by atoms with E-state index in [1.165, 1.54) is 22.3 Å². The lowest BCUT2D eigenvalue weighted by Gasteiger charge is -2.35. The highest BCUT2D eigenvalue weighted by Gasteiger charge is 2.32. The lowest BCUT2D eigenvalue weighted by molar-refractivity contribution is -0.137. The molecular weight excluding hydrogens is 354 g/mol. The molecule has 28 heavy (non-hydrogen) atoms. The summed E-state index contributed by atoms with van der Waals surface area (Å²) >= 11 is 0. The molecule has 146 valence electrons. The number of nitrogens with zero attached hydrogens (tertiary/aromatic N) is 1. The van der Waals surface area contributed by atoms with Gasteiger partial charge in [0.2, 0.25) is 0 Å². The third-order valence-electron chi connectivity index (χ3n) is 5.89. The predicted molar refractivity (Wildman–Crippen MR) is 106 cm³/mol. The molecule has 1 aliphatic carbocycles. The SMILES string of the molecule is O=C(O)CCC1CCCCN1C(=O)OCC1c2ccccc2-c2ccccc21. The molecule has 1 amide bonds. The van der Waals surface area contributed by atoms with E-state index in [0.29, 0.717) is 19.6 Å². The van der Waals surface area contributed by atoms with E-state index in [0.717, 1.165) is 19.3 Å². The van der Waals surface area contributed by atoms with Crippen LogP contribution in [0, 0.1) is 0 Å². The fraction of sp³-hybridized carbons (Fsp3) is 0.391. The molecule has 5 nitrogen and oxygen atoms in total. The molecule has 0 bridgehead atoms. The molecule has 2 aromatic rings. The second-order valence-corrected chi connectivity index (χ2v) is 7.58. The number of rotatable bonds is 5. The molecule has 0 saturated carbocycles. The molecule has 1 atom stereocenters. The van der Waals surface area contributed by atoms with Crippen LogP contribution in [-0.2, 0) is 9.53 Å². The van der Waals surface area contributed by atoms with Crippen LogP contribution in [0.5, 0.6) is 0 Å². The first-order valence-electron chi connectivity index (χ1n) is 9.98. The van der Waals surface area contributed by atoms with Crippen molar-refractivity contribution in [2.75, 3.05) is 13.2 Å². The van der Waals surface area contributed by atoms with E-state index in [4.69, 9.17) is 9.84 Å². The van der Waals surface area contributed by atoms with Crippen LogP contribution in [0.25, 0.3) is 11.1 Å². The highest BCUT2D eigenvalue weighted by atomic mass is 16.6. The molecule has 0 radical (unpaired) electrons. The number of hydrogen-bond acceptors (Lipinski definition) is 3. The summed E-state index contributed by atoms with van der Waals surface area (Å²) in [5.74, 6) is -0.781. The molecule has 1 fully saturated rings. The first kappa shape index (κ1) is 18.5. The third-order valence-corrected chi connectivity index (χ3v) is 5.89. The van der Waals surface area contributed by atoms with Crippen molar-refractivity contribution in [1.82, 2.24) is 4.90 Å². The maximum Gasteiger partial charge on any atom is 0.410 e. The summed E-state index contributed by atoms with van der Waals surface area (Å²) in [6.07, 6.45) is 3.05. The molecule has 1 saturated heterocycles. The van der Waals surface area contributed by atoms with Gasteiger partial charge in [0.15, 0.2) is 0 Å². The van der Waals surface area contributed by atoms with Crippen molar-refractivity contribution in [2.24, 2.45) is 0 Å². The first-order chi connectivity index (χ1) is 13.6. The van der Waals surface area contributed by atoms with Crippen molar-refractivity contribution < 1.29 is 19.4 Å². The van der Waals surface area contributed by atoms with Crippen LogP contribution in [-0.4, -0.2) is 41.3 Å². The minimum Gasteiger partial charge on any atom is -0.481 e. The number of carboxylic acid groups (broad SMARTS) is 1. The van der Waals surface area contributed by atoms with Gasteiger partial charge in [-0.15, -0.1) is 0 Å². The molecular formula is C23H25NO4. The number of aliphatic carboxylic acids is 1. The second-order valence-electron chi connectivity index (χ2n) is 7.58. The second kappa shape index (κ2) is 8.05. The van der Waals surface area contributed by atoms with E-state index in [2.05, 4.69) is 24.3 Å². The van der Waals surface area contributed by atoms with E-state index >= 15 is 0 Å². The number of carboxylic acids is 1. The van der Waals surface area contributed by atoms with Gasteiger partial charge in [-0.3, -0.25) is 4.79 Å². The van der Waals surface area contributed by atoms with E-state index in [1.807, 2.05) is 24.3 Å². The highest BCUT2D eigenvalue weighted by molar-refractivity contribution is 5.79. The predicted octanol–water partition coefficient (Wildman–Crippen LogP) is 4.65. The molecule has 1 aliphatic heterocycles. The number of benzene rings is 2. The average Bonchev–Trinajstić information content (AvgIpc) is 3.04. The van der Waals surface area contributed by atoms with Gasteiger partial charge in [0, 0.05) is 24.9 Å². The summed E-state index contributed by atoms with van der Waals surface area (Å²) in [5.41, 5.74) is 4.79. The van der Waals surface area contributed by atoms with Crippen LogP contribution in [0.4, 0.5) is 4.79 Å². The van der Waals surface area contributed by atoms with E-state index < -0.39 is 5.97 Å². The highest BCUT2D eigenvalue weighted by Crippen LogP contribution is 2.44. The Labute approximate surface area is 164 Å². The summed E-state index contributed by atoms with van der Waals surface area (Å²) in [4.78, 5) is 25.4. The Morgan fingerprint density at radius 2 is 1.64 bits per heavy atom. The lowest BCUT2D eigenvalue weighted by Crippen LogP contribution is -2.44. The summed E-state index contributed by atoms with van der Waals surface area (Å²) < 4.78 is 5.76. The molecule has 0 aromatic heterocycles. The van der Waals surface area contributed by atoms with E-state index in [-0.39, 0.29) is 24.5 Å². The molecule has 1 heterocycles. The molecule has 0 spiro atoms. The largest absolute Gasteiger partial charge is 0.481 e. The minimum atomic E-state index is -0.821. The number of amides is 1. The lowest BCUT2D eigenvalue weighted by atomic mass is 9.98. The Morgan fingerprint density at radius 3 is 2.29 bits per heavy atom. The number of hydrogen-bond donors (Lipinski definition) is 1. The zero-order chi connectivity index (χ0) is 19.5. The number of ether oxygens (including phenoxy) is 1. The number of carbonyl (C=O) groups excluding carboxylic acids is 1. The Bertz CT molecular complexity index is 833. The van der Waals surface area contributed by atoms with Crippen molar-refractivity contribution in [3.63, 3.8) is 0 Å². The standard InChI is InChI=1S/C23H25NO4/c25-22(26)13-12-16-7-5-6-14-24(16)23(27)28-15-21-19-10-3-1-8-17(19)18-9-2-4-11-20(18)21/h1-4,8-11,16,21H,5-7,12-15H2,(H,25,26). The fourth-order valence-corrected chi connectivity index (χ4v) is 4.51. The van der Waals surface area contributed by atoms with Crippen molar-refractivity contribution >= 4 is 12.1 Å². The summed E-state index contributed by atoms with van der Waals surface area (Å²) in [6.45, 7) is 0.940. The summed E-state index contributed by atoms with van der Waals surface area (Å²) in [5, 5.41) is 8.97. The molecule has 2 aliphatic rings. The van der Waals surface area contributed by atoms with Crippen LogP contribution in [0.15, 0.2) is 48.5 Å². The van der Waals surface area contributed by atoms with Crippen LogP contribution < -0.4 is 0 Å². The topological polar surface area (TPSA) is 66.8 Å². The number of piperidine rings is 1. The Morgan fingerprint density at radius 1 is 1.00 bits per heavy atom. The summed E-state index contributed by atoms with van der Waals surface area (Å²) in [6, 6.07) is 16.5. The van der Waals surface area contributed by atoms with Gasteiger partial charge in [0.1, 0.15) is 6.61 Å². The van der Waals surface area contributed by atoms with E-state index in [1.54, 1.807) is 4.90 Å². The zero-order valence-corrected chi connectivity index (χ0v) is 15.8. The van der Waals surface area contributed by atoms with Crippen molar-refractivity contribution in [3.05, 3.63) is 59.7 Å². The zero-order valence-electron chi connectivity index (χ0n) is 15.8. The first-order valence-corrected chi connectivity index (χ1v) is 9.98. The van der Waals surface area contributed by atoms with Crippen LogP contribution in [0.3, 0.4) is 0 Å². The monoisotopic (exact) mass is 379 g/mol. The quantitative estimate of drug-likeness (QED) is 0.821.